The number of hydrogen-bond donors (Lipinski definition) is 2. The number of rotatable bonds is 8. The quantitative estimate of drug-likeness (QED) is 0.408. The van der Waals surface area contributed by atoms with Gasteiger partial charge in [-0.3, -0.25) is 9.69 Å². The molecule has 0 fully saturated rings. The van der Waals surface area contributed by atoms with E-state index in [0.717, 1.165) is 6.42 Å². The number of nitrogens with zero attached hydrogens (tertiary/aromatic N) is 1. The molecule has 2 N–H and O–H groups in total. The lowest BCUT2D eigenvalue weighted by Crippen LogP contribution is -2.48. The van der Waals surface area contributed by atoms with E-state index >= 15 is 0 Å². The van der Waals surface area contributed by atoms with Crippen LogP contribution in [-0.4, -0.2) is 36.0 Å². The van der Waals surface area contributed by atoms with Crippen molar-refractivity contribution in [3.8, 4) is 0 Å². The molecular weight excluding hydrogens is 489 g/mol. The Balaban J connectivity index is 1.86. The van der Waals surface area contributed by atoms with Gasteiger partial charge in [0.25, 0.3) is 5.91 Å². The first-order chi connectivity index (χ1) is 16.6. The first-order valence-corrected chi connectivity index (χ1v) is 12.2. The van der Waals surface area contributed by atoms with Gasteiger partial charge in [0.05, 0.1) is 18.2 Å². The zero-order valence-corrected chi connectivity index (χ0v) is 21.7. The second-order valence-electron chi connectivity index (χ2n) is 8.76. The van der Waals surface area contributed by atoms with Crippen LogP contribution in [0.1, 0.15) is 56.1 Å². The Morgan fingerprint density at radius 3 is 2.31 bits per heavy atom. The van der Waals surface area contributed by atoms with Gasteiger partial charge in [-0.2, -0.15) is 0 Å². The highest BCUT2D eigenvalue weighted by molar-refractivity contribution is 6.35. The Morgan fingerprint density at radius 2 is 1.74 bits per heavy atom. The average molecular weight is 518 g/mol. The van der Waals surface area contributed by atoms with Gasteiger partial charge in [-0.05, 0) is 55.2 Å². The highest BCUT2D eigenvalue weighted by atomic mass is 35.5. The SMILES string of the molecule is CCCN1C(=O)NC(c2ccc(NC(=O)c3cc(Cl)cc(Cl)c3)cc2)C(C(=O)OCC(C)C)=C1C. The van der Waals surface area contributed by atoms with E-state index in [0.29, 0.717) is 44.7 Å². The molecule has 1 aliphatic heterocycles. The Hall–Kier alpha value is -3.03. The molecule has 2 aromatic carbocycles. The minimum Gasteiger partial charge on any atom is -0.462 e. The van der Waals surface area contributed by atoms with Crippen molar-refractivity contribution in [2.75, 3.05) is 18.5 Å². The van der Waals surface area contributed by atoms with Crippen molar-refractivity contribution in [3.63, 3.8) is 0 Å². The number of allylic oxidation sites excluding steroid dienone is 1. The molecule has 1 unspecified atom stereocenters. The lowest BCUT2D eigenvalue weighted by molar-refractivity contribution is -0.140. The van der Waals surface area contributed by atoms with E-state index in [2.05, 4.69) is 10.6 Å². The summed E-state index contributed by atoms with van der Waals surface area (Å²) in [6.07, 6.45) is 0.746. The van der Waals surface area contributed by atoms with E-state index in [1.807, 2.05) is 20.8 Å². The summed E-state index contributed by atoms with van der Waals surface area (Å²) in [5.74, 6) is -0.643. The monoisotopic (exact) mass is 517 g/mol. The van der Waals surface area contributed by atoms with Gasteiger partial charge in [-0.15, -0.1) is 0 Å². The number of urea groups is 1. The molecule has 3 rings (SSSR count). The lowest BCUT2D eigenvalue weighted by Gasteiger charge is -2.35. The number of anilines is 1. The molecule has 0 saturated carbocycles. The van der Waals surface area contributed by atoms with Crippen LogP contribution in [-0.2, 0) is 9.53 Å². The summed E-state index contributed by atoms with van der Waals surface area (Å²) in [7, 11) is 0. The van der Waals surface area contributed by atoms with Crippen LogP contribution >= 0.6 is 23.2 Å². The zero-order valence-electron chi connectivity index (χ0n) is 20.2. The Labute approximate surface area is 215 Å². The van der Waals surface area contributed by atoms with Crippen LogP contribution in [0.15, 0.2) is 53.7 Å². The predicted molar refractivity (Wildman–Crippen MR) is 138 cm³/mol. The Bertz CT molecular complexity index is 1130. The summed E-state index contributed by atoms with van der Waals surface area (Å²) in [4.78, 5) is 40.0. The largest absolute Gasteiger partial charge is 0.462 e. The molecule has 2 aromatic rings. The van der Waals surface area contributed by atoms with E-state index in [-0.39, 0.29) is 24.5 Å². The van der Waals surface area contributed by atoms with Crippen molar-refractivity contribution in [2.24, 2.45) is 5.92 Å². The van der Waals surface area contributed by atoms with Gasteiger partial charge < -0.3 is 15.4 Å². The van der Waals surface area contributed by atoms with E-state index in [4.69, 9.17) is 27.9 Å². The van der Waals surface area contributed by atoms with Crippen LogP contribution in [0.25, 0.3) is 0 Å². The fraction of sp³-hybridized carbons (Fsp3) is 0.346. The van der Waals surface area contributed by atoms with Crippen molar-refractivity contribution < 1.29 is 19.1 Å². The minimum absolute atomic E-state index is 0.181. The van der Waals surface area contributed by atoms with Gasteiger partial charge in [0, 0.05) is 33.5 Å². The maximum Gasteiger partial charge on any atom is 0.338 e. The summed E-state index contributed by atoms with van der Waals surface area (Å²) >= 11 is 12.0. The summed E-state index contributed by atoms with van der Waals surface area (Å²) in [5.41, 5.74) is 2.52. The van der Waals surface area contributed by atoms with Gasteiger partial charge in [-0.1, -0.05) is 56.1 Å². The zero-order chi connectivity index (χ0) is 25.7. The first kappa shape index (κ1) is 26.6. The van der Waals surface area contributed by atoms with Gasteiger partial charge in [0.15, 0.2) is 0 Å². The lowest BCUT2D eigenvalue weighted by atomic mass is 9.94. The number of carbonyl (C=O) groups excluding carboxylic acids is 3. The van der Waals surface area contributed by atoms with Gasteiger partial charge in [-0.25, -0.2) is 9.59 Å². The number of halogens is 2. The maximum atomic E-state index is 13.0. The van der Waals surface area contributed by atoms with Gasteiger partial charge in [0.2, 0.25) is 0 Å². The van der Waals surface area contributed by atoms with Crippen molar-refractivity contribution in [1.82, 2.24) is 10.2 Å². The number of amides is 3. The average Bonchev–Trinajstić information content (AvgIpc) is 2.79. The van der Waals surface area contributed by atoms with E-state index in [1.54, 1.807) is 42.2 Å². The van der Waals surface area contributed by atoms with Crippen LogP contribution in [0, 0.1) is 5.92 Å². The molecular formula is C26H29Cl2N3O4. The second-order valence-corrected chi connectivity index (χ2v) is 9.63. The van der Waals surface area contributed by atoms with Crippen LogP contribution < -0.4 is 10.6 Å². The third-order valence-electron chi connectivity index (χ3n) is 5.44. The van der Waals surface area contributed by atoms with Crippen LogP contribution in [0.5, 0.6) is 0 Å². The Morgan fingerprint density at radius 1 is 1.11 bits per heavy atom. The molecule has 3 amide bonds. The van der Waals surface area contributed by atoms with Crippen LogP contribution in [0.2, 0.25) is 10.0 Å². The molecule has 1 heterocycles. The van der Waals surface area contributed by atoms with Gasteiger partial charge in [0.1, 0.15) is 0 Å². The molecule has 0 bridgehead atoms. The highest BCUT2D eigenvalue weighted by Crippen LogP contribution is 2.32. The molecule has 35 heavy (non-hydrogen) atoms. The Kier molecular flexibility index (Phi) is 8.81. The van der Waals surface area contributed by atoms with Gasteiger partial charge >= 0.3 is 12.0 Å². The molecule has 0 aromatic heterocycles. The number of benzene rings is 2. The van der Waals surface area contributed by atoms with E-state index in [9.17, 15) is 14.4 Å². The van der Waals surface area contributed by atoms with E-state index < -0.39 is 12.0 Å². The fourth-order valence-corrected chi connectivity index (χ4v) is 4.28. The summed E-state index contributed by atoms with van der Waals surface area (Å²) in [6, 6.07) is 10.6. The second kappa shape index (κ2) is 11.6. The highest BCUT2D eigenvalue weighted by Gasteiger charge is 2.36. The number of nitrogens with one attached hydrogen (secondary N) is 2. The fourth-order valence-electron chi connectivity index (χ4n) is 3.76. The van der Waals surface area contributed by atoms with Crippen molar-refractivity contribution in [2.45, 2.75) is 40.2 Å². The number of ether oxygens (including phenoxy) is 1. The standard InChI is InChI=1S/C26H29Cl2N3O4/c1-5-10-31-16(4)22(25(33)35-14-15(2)3)23(30-26(31)34)17-6-8-21(9-7-17)29-24(32)18-11-19(27)13-20(28)12-18/h6-9,11-13,15,23H,5,10,14H2,1-4H3,(H,29,32)(H,30,34). The number of carbonyl (C=O) groups is 3. The summed E-state index contributed by atoms with van der Waals surface area (Å²) < 4.78 is 5.52. The number of hydrogen-bond acceptors (Lipinski definition) is 4. The molecule has 0 radical (unpaired) electrons. The molecule has 9 heteroatoms. The first-order valence-electron chi connectivity index (χ1n) is 11.4. The molecule has 1 aliphatic rings. The smallest absolute Gasteiger partial charge is 0.338 e. The molecule has 0 saturated heterocycles. The third kappa shape index (κ3) is 6.55. The van der Waals surface area contributed by atoms with Crippen LogP contribution in [0.3, 0.4) is 0 Å². The number of esters is 1. The van der Waals surface area contributed by atoms with Crippen LogP contribution in [0.4, 0.5) is 10.5 Å². The molecule has 0 aliphatic carbocycles. The molecule has 186 valence electrons. The summed E-state index contributed by atoms with van der Waals surface area (Å²) in [5, 5.41) is 6.45. The van der Waals surface area contributed by atoms with E-state index in [1.165, 1.54) is 12.1 Å². The summed E-state index contributed by atoms with van der Waals surface area (Å²) in [6.45, 7) is 8.42. The normalized spacial score (nSPS) is 15.8. The van der Waals surface area contributed by atoms with Crippen molar-refractivity contribution in [1.29, 1.82) is 0 Å². The topological polar surface area (TPSA) is 87.7 Å². The molecule has 0 spiro atoms. The van der Waals surface area contributed by atoms with Crippen molar-refractivity contribution >= 4 is 46.8 Å². The maximum absolute atomic E-state index is 13.0. The van der Waals surface area contributed by atoms with Crippen molar-refractivity contribution in [3.05, 3.63) is 74.9 Å². The third-order valence-corrected chi connectivity index (χ3v) is 5.87. The molecule has 1 atom stereocenters. The minimum atomic E-state index is -0.674. The molecule has 7 nitrogen and oxygen atoms in total. The predicted octanol–water partition coefficient (Wildman–Crippen LogP) is 6.20.